The monoisotopic (exact) mass is 902 g/mol. The molecular weight excluding hydrogens is 840 g/mol. The van der Waals surface area contributed by atoms with Gasteiger partial charge >= 0.3 is 11.9 Å². The van der Waals surface area contributed by atoms with Crippen LogP contribution in [0.5, 0.6) is 0 Å². The molecule has 0 aromatic heterocycles. The molecule has 24 nitrogen and oxygen atoms in total. The fourth-order valence-electron chi connectivity index (χ4n) is 9.40. The minimum atomic E-state index is -1.87. The third-order valence-electron chi connectivity index (χ3n) is 13.0. The lowest BCUT2D eigenvalue weighted by atomic mass is 9.72. The molecule has 8 unspecified atom stereocenters. The van der Waals surface area contributed by atoms with Gasteiger partial charge in [-0.15, -0.1) is 0 Å². The largest absolute Gasteiger partial charge is 0.481 e. The molecule has 0 bridgehead atoms. The van der Waals surface area contributed by atoms with Crippen molar-refractivity contribution >= 4 is 11.9 Å². The van der Waals surface area contributed by atoms with E-state index in [1.54, 1.807) is 0 Å². The summed E-state index contributed by atoms with van der Waals surface area (Å²) in [5.41, 5.74) is 0. The van der Waals surface area contributed by atoms with E-state index >= 15 is 0 Å². The van der Waals surface area contributed by atoms with Crippen molar-refractivity contribution in [1.82, 2.24) is 0 Å². The molecule has 6 aliphatic rings. The molecule has 358 valence electrons. The lowest BCUT2D eigenvalue weighted by molar-refractivity contribution is -0.352. The van der Waals surface area contributed by atoms with Crippen molar-refractivity contribution in [3.05, 3.63) is 0 Å². The first-order chi connectivity index (χ1) is 29.3. The molecule has 0 spiro atoms. The van der Waals surface area contributed by atoms with Gasteiger partial charge in [-0.1, -0.05) is 0 Å². The summed E-state index contributed by atoms with van der Waals surface area (Å²) in [4.78, 5) is 22.8. The number of esters is 1. The normalized spacial score (nSPS) is 50.1. The highest BCUT2D eigenvalue weighted by Crippen LogP contribution is 2.45. The van der Waals surface area contributed by atoms with Crippen LogP contribution < -0.4 is 0 Å². The van der Waals surface area contributed by atoms with Crippen LogP contribution in [-0.4, -0.2) is 242 Å². The number of carbonyl (C=O) groups is 2. The van der Waals surface area contributed by atoms with E-state index in [1.165, 1.54) is 21.1 Å². The van der Waals surface area contributed by atoms with Gasteiger partial charge in [0.25, 0.3) is 0 Å². The summed E-state index contributed by atoms with van der Waals surface area (Å²) in [6.45, 7) is 0.187. The fraction of sp³-hybridized carbons (Fsp3) is 0.947. The molecule has 0 aromatic rings. The van der Waals surface area contributed by atoms with Crippen molar-refractivity contribution in [3.8, 4) is 0 Å². The van der Waals surface area contributed by atoms with E-state index in [9.17, 15) is 65.8 Å². The number of carboxylic acid groups (broad SMARTS) is 1. The number of aliphatic hydroxyl groups excluding tert-OH is 11. The van der Waals surface area contributed by atoms with E-state index in [4.69, 9.17) is 52.5 Å². The highest BCUT2D eigenvalue weighted by molar-refractivity contribution is 5.90. The van der Waals surface area contributed by atoms with Gasteiger partial charge in [0.2, 0.25) is 0 Å². The molecule has 0 radical (unpaired) electrons. The first-order valence-corrected chi connectivity index (χ1v) is 20.8. The van der Waals surface area contributed by atoms with Crippen LogP contribution in [0, 0.1) is 11.8 Å². The Kier molecular flexibility index (Phi) is 16.9. The summed E-state index contributed by atoms with van der Waals surface area (Å²) in [6, 6.07) is 0. The predicted molar refractivity (Wildman–Crippen MR) is 197 cm³/mol. The van der Waals surface area contributed by atoms with Gasteiger partial charge in [0, 0.05) is 26.6 Å². The van der Waals surface area contributed by atoms with Crippen LogP contribution >= 0.6 is 0 Å². The van der Waals surface area contributed by atoms with Crippen molar-refractivity contribution < 1.29 is 118 Å². The number of aliphatic hydroxyl groups is 11. The van der Waals surface area contributed by atoms with Crippen LogP contribution in [0.2, 0.25) is 0 Å². The van der Waals surface area contributed by atoms with Crippen molar-refractivity contribution in [3.63, 3.8) is 0 Å². The number of hydrogen-bond acceptors (Lipinski definition) is 23. The highest BCUT2D eigenvalue weighted by Gasteiger charge is 2.55. The number of carbonyl (C=O) groups excluding carboxylic acids is 1. The van der Waals surface area contributed by atoms with Gasteiger partial charge in [-0.2, -0.15) is 0 Å². The van der Waals surface area contributed by atoms with Crippen LogP contribution in [-0.2, 0) is 57.0 Å². The van der Waals surface area contributed by atoms with Gasteiger partial charge in [-0.3, -0.25) is 9.59 Å². The predicted octanol–water partition coefficient (Wildman–Crippen LogP) is -6.04. The molecular formula is C38H62O24. The van der Waals surface area contributed by atoms with Crippen LogP contribution in [0.1, 0.15) is 45.4 Å². The summed E-state index contributed by atoms with van der Waals surface area (Å²) in [5.74, 6) is -3.74. The number of carboxylic acids is 1. The van der Waals surface area contributed by atoms with E-state index in [-0.39, 0.29) is 32.1 Å². The number of fused-ring (bicyclic) bond motifs is 1. The van der Waals surface area contributed by atoms with Gasteiger partial charge in [0.05, 0.1) is 55.4 Å². The molecule has 6 rings (SSSR count). The second kappa shape index (κ2) is 21.2. The summed E-state index contributed by atoms with van der Waals surface area (Å²) < 4.78 is 58.3. The summed E-state index contributed by atoms with van der Waals surface area (Å²) in [7, 11) is 2.86. The van der Waals surface area contributed by atoms with E-state index in [2.05, 4.69) is 0 Å². The van der Waals surface area contributed by atoms with Crippen LogP contribution in [0.3, 0.4) is 0 Å². The van der Waals surface area contributed by atoms with Crippen molar-refractivity contribution in [2.45, 2.75) is 186 Å². The minimum Gasteiger partial charge on any atom is -0.481 e. The van der Waals surface area contributed by atoms with Crippen molar-refractivity contribution in [1.29, 1.82) is 0 Å². The molecule has 4 saturated heterocycles. The Morgan fingerprint density at radius 3 is 1.65 bits per heavy atom. The molecule has 62 heavy (non-hydrogen) atoms. The molecule has 4 aliphatic heterocycles. The zero-order chi connectivity index (χ0) is 45.3. The van der Waals surface area contributed by atoms with E-state index < -0.39 is 184 Å². The Labute approximate surface area is 355 Å². The topological polar surface area (TPSA) is 369 Å². The number of methoxy groups -OCH3 is 2. The maximum Gasteiger partial charge on any atom is 0.317 e. The molecule has 2 saturated carbocycles. The zero-order valence-corrected chi connectivity index (χ0v) is 34.4. The Morgan fingerprint density at radius 1 is 0.548 bits per heavy atom. The average Bonchev–Trinajstić information content (AvgIpc) is 3.23. The van der Waals surface area contributed by atoms with Gasteiger partial charge in [0.1, 0.15) is 86.3 Å². The molecule has 2 aliphatic carbocycles. The van der Waals surface area contributed by atoms with Gasteiger partial charge in [-0.25, -0.2) is 0 Å². The quantitative estimate of drug-likeness (QED) is 0.0570. The van der Waals surface area contributed by atoms with Crippen LogP contribution in [0.25, 0.3) is 0 Å². The fourth-order valence-corrected chi connectivity index (χ4v) is 9.40. The maximum atomic E-state index is 11.9. The van der Waals surface area contributed by atoms with Gasteiger partial charge in [0.15, 0.2) is 18.9 Å². The Morgan fingerprint density at radius 2 is 1.08 bits per heavy atom. The molecule has 4 heterocycles. The molecule has 0 amide bonds. The van der Waals surface area contributed by atoms with Crippen molar-refractivity contribution in [2.75, 3.05) is 27.4 Å². The highest BCUT2D eigenvalue weighted by atomic mass is 16.7. The molecule has 24 heteroatoms. The first-order valence-electron chi connectivity index (χ1n) is 20.8. The molecule has 6 fully saturated rings. The first kappa shape index (κ1) is 49.6. The zero-order valence-electron chi connectivity index (χ0n) is 34.4. The molecule has 12 N–H and O–H groups in total. The number of rotatable bonds is 14. The third-order valence-corrected chi connectivity index (χ3v) is 13.0. The Balaban J connectivity index is 1.22. The second-order valence-electron chi connectivity index (χ2n) is 17.1. The lowest BCUT2D eigenvalue weighted by Gasteiger charge is -2.53. The molecule has 23 atom stereocenters. The summed E-state index contributed by atoms with van der Waals surface area (Å²) >= 11 is 0. The smallest absolute Gasteiger partial charge is 0.317 e. The van der Waals surface area contributed by atoms with E-state index in [0.717, 1.165) is 0 Å². The third kappa shape index (κ3) is 10.9. The Hall–Kier alpha value is -1.86. The average molecular weight is 903 g/mol. The standard InChI is InChI=1S/C38H62O24/c1-12-25(43)29(47)32(50)36(57-12)56-11-22-28(46)31(49)34(52)38(62-22)60-20-8-15-16(58-35(20)13-4-18(53-2)26(44)19(5-13)54-3)6-14(39)7-17(15)59-37-33(51)30(48)27(45)21(61-37)10-55-24(42)9-23(40)41/h12-22,25-39,43-52H,4-11H2,1-3H3,(H,40,41)/t12-,13?,14?,15?,16?,17?,18?,19?,20?,21+,22+,25-,26?,27+,28+,29+,30-,31-,32+,33+,34+,35?,36+,37+,38+/m0/s1. The summed E-state index contributed by atoms with van der Waals surface area (Å²) in [6.07, 6.45) is -31.8. The lowest BCUT2D eigenvalue weighted by Crippen LogP contribution is -2.64. The molecule has 0 aromatic carbocycles. The van der Waals surface area contributed by atoms with Crippen LogP contribution in [0.15, 0.2) is 0 Å². The second-order valence-corrected chi connectivity index (χ2v) is 17.1. The minimum absolute atomic E-state index is 0.0396. The van der Waals surface area contributed by atoms with Gasteiger partial charge in [-0.05, 0) is 38.5 Å². The van der Waals surface area contributed by atoms with Crippen molar-refractivity contribution in [2.24, 2.45) is 11.8 Å². The van der Waals surface area contributed by atoms with E-state index in [0.29, 0.717) is 0 Å². The SMILES string of the molecule is COC1CC(C2OC3CC(O)CC(O[C@@H]4O[C@H](COC(=O)CC(=O)O)[C@@H](O)[C@H](O)[C@H]4O)C3CC2O[C@@H]2O[C@H](CO[C@@H]3O[C@@H](C)[C@H](O)[C@@H](O)[C@H]3O)[C@@H](O)[C@H](O)[C@H]2O)CC(OC)C1O. The van der Waals surface area contributed by atoms with Gasteiger partial charge < -0.3 is 109 Å². The number of ether oxygens (including phenoxy) is 10. The van der Waals surface area contributed by atoms with E-state index in [1.807, 2.05) is 0 Å². The summed E-state index contributed by atoms with van der Waals surface area (Å²) in [5, 5.41) is 127. The number of aliphatic carboxylic acids is 1. The van der Waals surface area contributed by atoms with Crippen LogP contribution in [0.4, 0.5) is 0 Å². The maximum absolute atomic E-state index is 11.9. The Bertz CT molecular complexity index is 1450. The number of hydrogen-bond donors (Lipinski definition) is 12.